The molecule has 1 amide bonds. The van der Waals surface area contributed by atoms with Gasteiger partial charge in [-0.3, -0.25) is 4.79 Å². The summed E-state index contributed by atoms with van der Waals surface area (Å²) in [5, 5.41) is 9.36. The fourth-order valence-electron chi connectivity index (χ4n) is 3.62. The minimum Gasteiger partial charge on any atom is -0.480 e. The predicted octanol–water partition coefficient (Wildman–Crippen LogP) is 1.36. The van der Waals surface area contributed by atoms with Crippen molar-refractivity contribution in [1.82, 2.24) is 4.90 Å². The lowest BCUT2D eigenvalue weighted by atomic mass is 9.76. The topological polar surface area (TPSA) is 83.6 Å². The lowest BCUT2D eigenvalue weighted by Crippen LogP contribution is -2.58. The van der Waals surface area contributed by atoms with Crippen molar-refractivity contribution >= 4 is 11.9 Å². The summed E-state index contributed by atoms with van der Waals surface area (Å²) in [5.74, 6) is -0.470. The van der Waals surface area contributed by atoms with Gasteiger partial charge >= 0.3 is 5.97 Å². The summed E-state index contributed by atoms with van der Waals surface area (Å²) in [6.07, 6.45) is 6.12. The first kappa shape index (κ1) is 14.3. The molecule has 1 aliphatic heterocycles. The van der Waals surface area contributed by atoms with Crippen LogP contribution in [0.1, 0.15) is 51.9 Å². The van der Waals surface area contributed by atoms with E-state index in [1.165, 1.54) is 6.42 Å². The van der Waals surface area contributed by atoms with Gasteiger partial charge in [-0.05, 0) is 38.5 Å². The summed E-state index contributed by atoms with van der Waals surface area (Å²) in [6, 6.07) is -0.744. The zero-order valence-electron chi connectivity index (χ0n) is 11.5. The van der Waals surface area contributed by atoms with E-state index in [2.05, 4.69) is 0 Å². The molecular weight excluding hydrogens is 244 g/mol. The molecule has 0 aromatic carbocycles. The van der Waals surface area contributed by atoms with E-state index in [0.717, 1.165) is 25.7 Å². The van der Waals surface area contributed by atoms with Gasteiger partial charge in [0.2, 0.25) is 5.91 Å². The molecule has 1 saturated carbocycles. The average molecular weight is 268 g/mol. The third-order valence-corrected chi connectivity index (χ3v) is 4.44. The lowest BCUT2D eigenvalue weighted by molar-refractivity contribution is -0.158. The molecule has 19 heavy (non-hydrogen) atoms. The number of nitrogens with zero attached hydrogens (tertiary/aromatic N) is 1. The van der Waals surface area contributed by atoms with Gasteiger partial charge in [0.1, 0.15) is 6.04 Å². The molecule has 2 aliphatic rings. The summed E-state index contributed by atoms with van der Waals surface area (Å²) >= 11 is 0. The van der Waals surface area contributed by atoms with Crippen LogP contribution in [0.3, 0.4) is 0 Å². The van der Waals surface area contributed by atoms with E-state index in [9.17, 15) is 14.7 Å². The standard InChI is InChI=1S/C14H24N2O3/c1-9(15)8-13(17)16-11-5-3-2-4-10(11)6-7-12(16)14(18)19/h9-12H,2-8,15H2,1H3,(H,18,19). The maximum Gasteiger partial charge on any atom is 0.326 e. The van der Waals surface area contributed by atoms with Crippen molar-refractivity contribution in [2.45, 2.75) is 70.0 Å². The zero-order valence-corrected chi connectivity index (χ0v) is 11.5. The van der Waals surface area contributed by atoms with Crippen LogP contribution in [0.5, 0.6) is 0 Å². The van der Waals surface area contributed by atoms with Gasteiger partial charge < -0.3 is 15.7 Å². The summed E-state index contributed by atoms with van der Waals surface area (Å²) in [4.78, 5) is 25.4. The van der Waals surface area contributed by atoms with Gasteiger partial charge in [0, 0.05) is 18.5 Å². The molecule has 0 spiro atoms. The first-order valence-corrected chi connectivity index (χ1v) is 7.30. The van der Waals surface area contributed by atoms with Crippen LogP contribution in [0.2, 0.25) is 0 Å². The minimum atomic E-state index is -0.873. The van der Waals surface area contributed by atoms with Crippen LogP contribution in [-0.2, 0) is 9.59 Å². The Morgan fingerprint density at radius 1 is 1.26 bits per heavy atom. The molecule has 0 radical (unpaired) electrons. The number of carboxylic acids is 1. The van der Waals surface area contributed by atoms with Crippen LogP contribution < -0.4 is 5.73 Å². The second-order valence-electron chi connectivity index (χ2n) is 6.03. The van der Waals surface area contributed by atoms with Crippen LogP contribution >= 0.6 is 0 Å². The molecule has 4 unspecified atom stereocenters. The molecule has 0 bridgehead atoms. The minimum absolute atomic E-state index is 0.0843. The number of rotatable bonds is 3. The van der Waals surface area contributed by atoms with Crippen molar-refractivity contribution in [3.05, 3.63) is 0 Å². The Morgan fingerprint density at radius 2 is 1.95 bits per heavy atom. The van der Waals surface area contributed by atoms with Gasteiger partial charge in [0.25, 0.3) is 0 Å². The van der Waals surface area contributed by atoms with Gasteiger partial charge in [-0.1, -0.05) is 12.8 Å². The van der Waals surface area contributed by atoms with Crippen LogP contribution in [0.25, 0.3) is 0 Å². The highest BCUT2D eigenvalue weighted by Gasteiger charge is 2.43. The second-order valence-corrected chi connectivity index (χ2v) is 6.03. The predicted molar refractivity (Wildman–Crippen MR) is 71.5 cm³/mol. The number of amides is 1. The molecular formula is C14H24N2O3. The number of carbonyl (C=O) groups is 2. The smallest absolute Gasteiger partial charge is 0.326 e. The van der Waals surface area contributed by atoms with E-state index in [-0.39, 0.29) is 24.4 Å². The molecule has 5 heteroatoms. The molecule has 2 fully saturated rings. The Bertz CT molecular complexity index is 357. The van der Waals surface area contributed by atoms with Crippen LogP contribution in [0.4, 0.5) is 0 Å². The first-order valence-electron chi connectivity index (χ1n) is 7.30. The molecule has 2 rings (SSSR count). The number of hydrogen-bond donors (Lipinski definition) is 2. The second kappa shape index (κ2) is 5.90. The quantitative estimate of drug-likeness (QED) is 0.809. The molecule has 1 aliphatic carbocycles. The Morgan fingerprint density at radius 3 is 2.58 bits per heavy atom. The molecule has 5 nitrogen and oxygen atoms in total. The molecule has 1 heterocycles. The molecule has 108 valence electrons. The summed E-state index contributed by atoms with van der Waals surface area (Å²) in [7, 11) is 0. The fourth-order valence-corrected chi connectivity index (χ4v) is 3.62. The monoisotopic (exact) mass is 268 g/mol. The Labute approximate surface area is 114 Å². The molecule has 0 aromatic heterocycles. The molecule has 4 atom stereocenters. The lowest BCUT2D eigenvalue weighted by Gasteiger charge is -2.47. The van der Waals surface area contributed by atoms with Gasteiger partial charge in [0.05, 0.1) is 0 Å². The number of piperidine rings is 1. The van der Waals surface area contributed by atoms with Crippen molar-refractivity contribution in [1.29, 1.82) is 0 Å². The van der Waals surface area contributed by atoms with Crippen molar-refractivity contribution in [3.63, 3.8) is 0 Å². The van der Waals surface area contributed by atoms with Crippen molar-refractivity contribution in [3.8, 4) is 0 Å². The molecule has 3 N–H and O–H groups in total. The highest BCUT2D eigenvalue weighted by Crippen LogP contribution is 2.38. The molecule has 0 aromatic rings. The number of carbonyl (C=O) groups excluding carboxylic acids is 1. The third-order valence-electron chi connectivity index (χ3n) is 4.44. The highest BCUT2D eigenvalue weighted by atomic mass is 16.4. The average Bonchev–Trinajstić information content (AvgIpc) is 2.36. The van der Waals surface area contributed by atoms with E-state index >= 15 is 0 Å². The van der Waals surface area contributed by atoms with Gasteiger partial charge in [-0.15, -0.1) is 0 Å². The number of nitrogens with two attached hydrogens (primary N) is 1. The molecule has 1 saturated heterocycles. The van der Waals surface area contributed by atoms with Crippen LogP contribution in [0.15, 0.2) is 0 Å². The normalized spacial score (nSPS) is 32.5. The zero-order chi connectivity index (χ0) is 14.0. The van der Waals surface area contributed by atoms with Crippen molar-refractivity contribution < 1.29 is 14.7 Å². The fraction of sp³-hybridized carbons (Fsp3) is 0.857. The number of aliphatic carboxylic acids is 1. The summed E-state index contributed by atoms with van der Waals surface area (Å²) in [5.41, 5.74) is 5.69. The number of fused-ring (bicyclic) bond motifs is 1. The van der Waals surface area contributed by atoms with Gasteiger partial charge in [-0.25, -0.2) is 4.79 Å². The summed E-state index contributed by atoms with van der Waals surface area (Å²) < 4.78 is 0. The third kappa shape index (κ3) is 3.08. The number of hydrogen-bond acceptors (Lipinski definition) is 3. The van der Waals surface area contributed by atoms with Crippen molar-refractivity contribution in [2.75, 3.05) is 0 Å². The number of carboxylic acid groups (broad SMARTS) is 1. The van der Waals surface area contributed by atoms with Crippen LogP contribution in [0, 0.1) is 5.92 Å². The Kier molecular flexibility index (Phi) is 4.45. The van der Waals surface area contributed by atoms with Crippen molar-refractivity contribution in [2.24, 2.45) is 11.7 Å². The van der Waals surface area contributed by atoms with E-state index in [1.54, 1.807) is 11.8 Å². The van der Waals surface area contributed by atoms with E-state index in [1.807, 2.05) is 0 Å². The van der Waals surface area contributed by atoms with Gasteiger partial charge in [-0.2, -0.15) is 0 Å². The summed E-state index contributed by atoms with van der Waals surface area (Å²) in [6.45, 7) is 1.79. The van der Waals surface area contributed by atoms with E-state index < -0.39 is 12.0 Å². The SMILES string of the molecule is CC(N)CC(=O)N1C(C(=O)O)CCC2CCCCC21. The van der Waals surface area contributed by atoms with Gasteiger partial charge in [0.15, 0.2) is 0 Å². The highest BCUT2D eigenvalue weighted by molar-refractivity contribution is 5.84. The largest absolute Gasteiger partial charge is 0.480 e. The first-order chi connectivity index (χ1) is 9.00. The van der Waals surface area contributed by atoms with E-state index in [4.69, 9.17) is 5.73 Å². The maximum absolute atomic E-state index is 12.4. The van der Waals surface area contributed by atoms with E-state index in [0.29, 0.717) is 12.3 Å². The maximum atomic E-state index is 12.4. The number of likely N-dealkylation sites (tertiary alicyclic amines) is 1. The Balaban J connectivity index is 2.18. The van der Waals surface area contributed by atoms with Crippen LogP contribution in [-0.4, -0.2) is 40.0 Å². The Hall–Kier alpha value is -1.10.